The molecule has 1 N–H and O–H groups in total. The van der Waals surface area contributed by atoms with E-state index >= 15 is 0 Å². The van der Waals surface area contributed by atoms with Crippen molar-refractivity contribution >= 4 is 34.7 Å². The molecule has 0 aliphatic carbocycles. The molecule has 7 heteroatoms. The van der Waals surface area contributed by atoms with Crippen LogP contribution in [0.15, 0.2) is 30.3 Å². The van der Waals surface area contributed by atoms with E-state index in [2.05, 4.69) is 10.3 Å². The van der Waals surface area contributed by atoms with Gasteiger partial charge in [-0.2, -0.15) is 0 Å². The second-order valence-electron chi connectivity index (χ2n) is 4.40. The van der Waals surface area contributed by atoms with Crippen molar-refractivity contribution in [2.75, 3.05) is 11.9 Å². The summed E-state index contributed by atoms with van der Waals surface area (Å²) in [5.41, 5.74) is 0.928. The summed E-state index contributed by atoms with van der Waals surface area (Å²) in [6.07, 6.45) is 0.887. The van der Waals surface area contributed by atoms with Crippen molar-refractivity contribution in [1.29, 1.82) is 0 Å². The van der Waals surface area contributed by atoms with E-state index < -0.39 is 4.92 Å². The summed E-state index contributed by atoms with van der Waals surface area (Å²) in [5.74, 6) is 0.442. The summed E-state index contributed by atoms with van der Waals surface area (Å²) in [6, 6.07) is 7.71. The van der Waals surface area contributed by atoms with Gasteiger partial charge in [-0.1, -0.05) is 30.1 Å². The minimum Gasteiger partial charge on any atom is -0.370 e. The molecule has 0 fully saturated rings. The molecule has 0 aliphatic heterocycles. The van der Waals surface area contributed by atoms with Crippen LogP contribution in [0.2, 0.25) is 10.0 Å². The molecule has 0 radical (unpaired) electrons. The number of nitro groups is 1. The number of hydrogen-bond acceptors (Lipinski definition) is 4. The fourth-order valence-electron chi connectivity index (χ4n) is 1.80. The van der Waals surface area contributed by atoms with Gasteiger partial charge >= 0.3 is 0 Å². The summed E-state index contributed by atoms with van der Waals surface area (Å²) in [5, 5.41) is 15.0. The first kappa shape index (κ1) is 15.5. The molecule has 0 bridgehead atoms. The highest BCUT2D eigenvalue weighted by atomic mass is 35.5. The van der Waals surface area contributed by atoms with Crippen molar-refractivity contribution in [2.24, 2.45) is 0 Å². The molecule has 0 unspecified atom stereocenters. The lowest BCUT2D eigenvalue weighted by atomic mass is 10.1. The third kappa shape index (κ3) is 3.83. The monoisotopic (exact) mass is 325 g/mol. The van der Waals surface area contributed by atoms with Crippen LogP contribution in [0.3, 0.4) is 0 Å². The van der Waals surface area contributed by atoms with Gasteiger partial charge in [-0.05, 0) is 24.6 Å². The summed E-state index contributed by atoms with van der Waals surface area (Å²) in [7, 11) is 0. The first-order valence-electron chi connectivity index (χ1n) is 6.37. The van der Waals surface area contributed by atoms with Crippen LogP contribution in [0.1, 0.15) is 13.3 Å². The Morgan fingerprint density at radius 2 is 2.05 bits per heavy atom. The van der Waals surface area contributed by atoms with Crippen LogP contribution in [-0.4, -0.2) is 16.5 Å². The highest BCUT2D eigenvalue weighted by Crippen LogP contribution is 2.32. The van der Waals surface area contributed by atoms with Gasteiger partial charge in [0, 0.05) is 23.2 Å². The lowest BCUT2D eigenvalue weighted by Gasteiger charge is -2.08. The fraction of sp³-hybridized carbons (Fsp3) is 0.214. The molecule has 21 heavy (non-hydrogen) atoms. The zero-order valence-corrected chi connectivity index (χ0v) is 12.8. The highest BCUT2D eigenvalue weighted by molar-refractivity contribution is 6.35. The van der Waals surface area contributed by atoms with Crippen LogP contribution in [-0.2, 0) is 0 Å². The molecule has 1 aromatic carbocycles. The lowest BCUT2D eigenvalue weighted by Crippen LogP contribution is -2.03. The molecule has 2 aromatic rings. The number of anilines is 1. The third-order valence-corrected chi connectivity index (χ3v) is 3.35. The quantitative estimate of drug-likeness (QED) is 0.634. The zero-order chi connectivity index (χ0) is 15.4. The molecule has 1 aromatic heterocycles. The standard InChI is InChI=1S/C14H13Cl2N3O2/c1-2-5-17-14-8-10(19(20)21)7-13(18-14)11-6-9(15)3-4-12(11)16/h3-4,6-8H,2,5H2,1H3,(H,17,18). The number of aromatic nitrogens is 1. The smallest absolute Gasteiger partial charge is 0.275 e. The molecule has 0 aliphatic rings. The van der Waals surface area contributed by atoms with Gasteiger partial charge in [-0.3, -0.25) is 10.1 Å². The van der Waals surface area contributed by atoms with Gasteiger partial charge in [-0.25, -0.2) is 4.98 Å². The molecule has 0 atom stereocenters. The molecule has 5 nitrogen and oxygen atoms in total. The van der Waals surface area contributed by atoms with Gasteiger partial charge in [0.05, 0.1) is 21.7 Å². The van der Waals surface area contributed by atoms with E-state index in [0.29, 0.717) is 33.7 Å². The average molecular weight is 326 g/mol. The summed E-state index contributed by atoms with van der Waals surface area (Å²) in [6.45, 7) is 2.68. The topological polar surface area (TPSA) is 68.1 Å². The van der Waals surface area contributed by atoms with E-state index in [1.807, 2.05) is 6.92 Å². The Morgan fingerprint density at radius 3 is 2.71 bits per heavy atom. The molecule has 2 rings (SSSR count). The van der Waals surface area contributed by atoms with Gasteiger partial charge in [0.2, 0.25) is 0 Å². The van der Waals surface area contributed by atoms with Crippen molar-refractivity contribution in [3.63, 3.8) is 0 Å². The molecular formula is C14H13Cl2N3O2. The lowest BCUT2D eigenvalue weighted by molar-refractivity contribution is -0.384. The van der Waals surface area contributed by atoms with Crippen LogP contribution in [0, 0.1) is 10.1 Å². The molecule has 110 valence electrons. The van der Waals surface area contributed by atoms with E-state index in [9.17, 15) is 10.1 Å². The average Bonchev–Trinajstić information content (AvgIpc) is 2.47. The molecule has 0 saturated heterocycles. The van der Waals surface area contributed by atoms with Crippen LogP contribution in [0.5, 0.6) is 0 Å². The van der Waals surface area contributed by atoms with Gasteiger partial charge in [0.25, 0.3) is 5.69 Å². The maximum Gasteiger partial charge on any atom is 0.275 e. The number of rotatable bonds is 5. The Labute approximate surface area is 132 Å². The minimum atomic E-state index is -0.458. The van der Waals surface area contributed by atoms with Gasteiger partial charge in [-0.15, -0.1) is 0 Å². The second-order valence-corrected chi connectivity index (χ2v) is 5.25. The molecular weight excluding hydrogens is 313 g/mol. The first-order chi connectivity index (χ1) is 10.0. The number of hydrogen-bond donors (Lipinski definition) is 1. The van der Waals surface area contributed by atoms with Crippen molar-refractivity contribution in [3.05, 3.63) is 50.5 Å². The van der Waals surface area contributed by atoms with Gasteiger partial charge < -0.3 is 5.32 Å². The number of pyridine rings is 1. The summed E-state index contributed by atoms with van der Waals surface area (Å²) < 4.78 is 0. The van der Waals surface area contributed by atoms with E-state index in [1.165, 1.54) is 12.1 Å². The predicted octanol–water partition coefficient (Wildman–Crippen LogP) is 4.79. The van der Waals surface area contributed by atoms with Crippen molar-refractivity contribution < 1.29 is 4.92 Å². The maximum absolute atomic E-state index is 11.1. The van der Waals surface area contributed by atoms with Gasteiger partial charge in [0.15, 0.2) is 0 Å². The third-order valence-electron chi connectivity index (χ3n) is 2.78. The molecule has 0 spiro atoms. The maximum atomic E-state index is 11.1. The van der Waals surface area contributed by atoms with Crippen molar-refractivity contribution in [3.8, 4) is 11.3 Å². The van der Waals surface area contributed by atoms with E-state index in [1.54, 1.807) is 18.2 Å². The fourth-order valence-corrected chi connectivity index (χ4v) is 2.18. The number of nitrogens with one attached hydrogen (secondary N) is 1. The van der Waals surface area contributed by atoms with Crippen LogP contribution in [0.4, 0.5) is 11.5 Å². The van der Waals surface area contributed by atoms with Crippen LogP contribution >= 0.6 is 23.2 Å². The largest absolute Gasteiger partial charge is 0.370 e. The van der Waals surface area contributed by atoms with E-state index in [0.717, 1.165) is 6.42 Å². The SMILES string of the molecule is CCCNc1cc([N+](=O)[O-])cc(-c2cc(Cl)ccc2Cl)n1. The first-order valence-corrected chi connectivity index (χ1v) is 7.12. The Balaban J connectivity index is 2.53. The van der Waals surface area contributed by atoms with Crippen LogP contribution in [0.25, 0.3) is 11.3 Å². The number of halogens is 2. The predicted molar refractivity (Wildman–Crippen MR) is 85.1 cm³/mol. The Morgan fingerprint density at radius 1 is 1.29 bits per heavy atom. The Bertz CT molecular complexity index is 677. The minimum absolute atomic E-state index is 0.0466. The molecule has 0 amide bonds. The van der Waals surface area contributed by atoms with E-state index in [-0.39, 0.29) is 5.69 Å². The number of benzene rings is 1. The van der Waals surface area contributed by atoms with Gasteiger partial charge in [0.1, 0.15) is 5.82 Å². The van der Waals surface area contributed by atoms with Crippen LogP contribution < -0.4 is 5.32 Å². The number of nitrogens with zero attached hydrogens (tertiary/aromatic N) is 2. The summed E-state index contributed by atoms with van der Waals surface area (Å²) in [4.78, 5) is 15.0. The Hall–Kier alpha value is -1.85. The zero-order valence-electron chi connectivity index (χ0n) is 11.3. The second kappa shape index (κ2) is 6.74. The highest BCUT2D eigenvalue weighted by Gasteiger charge is 2.14. The normalized spacial score (nSPS) is 10.4. The molecule has 1 heterocycles. The van der Waals surface area contributed by atoms with E-state index in [4.69, 9.17) is 23.2 Å². The van der Waals surface area contributed by atoms with Crippen molar-refractivity contribution in [1.82, 2.24) is 4.98 Å². The summed E-state index contributed by atoms with van der Waals surface area (Å²) >= 11 is 12.1. The Kier molecular flexibility index (Phi) is 4.98. The van der Waals surface area contributed by atoms with Crippen molar-refractivity contribution in [2.45, 2.75) is 13.3 Å². The molecule has 0 saturated carbocycles.